The molecule has 0 amide bonds. The summed E-state index contributed by atoms with van der Waals surface area (Å²) in [5.74, 6) is -0.506. The third-order valence-electron chi connectivity index (χ3n) is 3.21. The molecule has 0 fully saturated rings. The van der Waals surface area contributed by atoms with Gasteiger partial charge in [0.05, 0.1) is 10.7 Å². The van der Waals surface area contributed by atoms with Gasteiger partial charge in [0.15, 0.2) is 0 Å². The average molecular weight is 338 g/mol. The Hall–Kier alpha value is -2.46. The van der Waals surface area contributed by atoms with E-state index in [4.69, 9.17) is 0 Å². The number of thioether (sulfide) groups is 1. The topological polar surface area (TPSA) is 25.2 Å². The van der Waals surface area contributed by atoms with E-state index in [1.807, 2.05) is 31.2 Å². The summed E-state index contributed by atoms with van der Waals surface area (Å²) in [6, 6.07) is 2.99. The molecule has 4 heteroatoms. The minimum absolute atomic E-state index is 0.506. The number of aromatic nitrogens is 1. The van der Waals surface area contributed by atoms with Crippen LogP contribution in [0.25, 0.3) is 5.70 Å². The third kappa shape index (κ3) is 4.77. The predicted octanol–water partition coefficient (Wildman–Crippen LogP) is 5.86. The lowest BCUT2D eigenvalue weighted by Gasteiger charge is -2.04. The molecule has 0 radical (unpaired) electrons. The Bertz CT molecular complexity index is 765. The molecule has 0 aliphatic carbocycles. The van der Waals surface area contributed by atoms with Crippen molar-refractivity contribution in [2.45, 2.75) is 13.3 Å². The number of pyridine rings is 1. The molecule has 1 aliphatic heterocycles. The monoisotopic (exact) mass is 338 g/mol. The average Bonchev–Trinajstić information content (AvgIpc) is 3.04. The van der Waals surface area contributed by atoms with Crippen LogP contribution in [0.5, 0.6) is 0 Å². The highest BCUT2D eigenvalue weighted by Crippen LogP contribution is 2.35. The van der Waals surface area contributed by atoms with Crippen molar-refractivity contribution in [3.63, 3.8) is 0 Å². The zero-order valence-corrected chi connectivity index (χ0v) is 14.4. The highest BCUT2D eigenvalue weighted by Gasteiger charge is 2.15. The minimum atomic E-state index is -0.506. The van der Waals surface area contributed by atoms with Gasteiger partial charge >= 0.3 is 0 Å². The fraction of sp³-hybridized carbons (Fsp3) is 0.100. The molecule has 0 bridgehead atoms. The zero-order valence-electron chi connectivity index (χ0n) is 13.6. The van der Waals surface area contributed by atoms with Gasteiger partial charge in [0.1, 0.15) is 0 Å². The van der Waals surface area contributed by atoms with E-state index in [0.29, 0.717) is 5.70 Å². The van der Waals surface area contributed by atoms with Crippen molar-refractivity contribution in [2.24, 2.45) is 4.99 Å². The molecular formula is C20H19FN2S. The summed E-state index contributed by atoms with van der Waals surface area (Å²) in [7, 11) is 0. The SMILES string of the molecule is C=C/C=C(\N=C1/CC=C(/C(C=C)=C/C=C\C)S1)c1ccc(F)nc1. The minimum Gasteiger partial charge on any atom is -0.245 e. The van der Waals surface area contributed by atoms with E-state index in [2.05, 4.69) is 29.2 Å². The van der Waals surface area contributed by atoms with Crippen molar-refractivity contribution < 1.29 is 4.39 Å². The molecule has 2 nitrogen and oxygen atoms in total. The lowest BCUT2D eigenvalue weighted by Crippen LogP contribution is -1.90. The van der Waals surface area contributed by atoms with Gasteiger partial charge < -0.3 is 0 Å². The van der Waals surface area contributed by atoms with Gasteiger partial charge in [-0.15, -0.1) is 0 Å². The first-order valence-corrected chi connectivity index (χ1v) is 8.35. The Labute approximate surface area is 146 Å². The summed E-state index contributed by atoms with van der Waals surface area (Å²) >= 11 is 1.61. The van der Waals surface area contributed by atoms with Crippen LogP contribution in [-0.4, -0.2) is 10.0 Å². The van der Waals surface area contributed by atoms with Gasteiger partial charge in [-0.05, 0) is 30.7 Å². The number of halogens is 1. The third-order valence-corrected chi connectivity index (χ3v) is 4.32. The van der Waals surface area contributed by atoms with Crippen LogP contribution in [0.1, 0.15) is 18.9 Å². The molecule has 1 aromatic heterocycles. The largest absolute Gasteiger partial charge is 0.245 e. The second kappa shape index (κ2) is 8.99. The van der Waals surface area contributed by atoms with Crippen LogP contribution >= 0.6 is 11.8 Å². The Morgan fingerprint density at radius 2 is 2.17 bits per heavy atom. The Kier molecular flexibility index (Phi) is 6.70. The van der Waals surface area contributed by atoms with Gasteiger partial charge in [-0.1, -0.05) is 61.4 Å². The van der Waals surface area contributed by atoms with Crippen LogP contribution in [0, 0.1) is 5.95 Å². The van der Waals surface area contributed by atoms with E-state index in [9.17, 15) is 4.39 Å². The second-order valence-corrected chi connectivity index (χ2v) is 6.00. The van der Waals surface area contributed by atoms with Gasteiger partial charge in [0, 0.05) is 23.1 Å². The van der Waals surface area contributed by atoms with Gasteiger partial charge in [0.2, 0.25) is 5.95 Å². The smallest absolute Gasteiger partial charge is 0.212 e. The predicted molar refractivity (Wildman–Crippen MR) is 103 cm³/mol. The van der Waals surface area contributed by atoms with Crippen LogP contribution in [0.3, 0.4) is 0 Å². The number of rotatable bonds is 6. The maximum Gasteiger partial charge on any atom is 0.212 e. The molecular weight excluding hydrogens is 319 g/mol. The van der Waals surface area contributed by atoms with Crippen LogP contribution in [-0.2, 0) is 0 Å². The molecule has 0 N–H and O–H groups in total. The van der Waals surface area contributed by atoms with Crippen LogP contribution in [0.4, 0.5) is 4.39 Å². The number of hydrogen-bond acceptors (Lipinski definition) is 3. The van der Waals surface area contributed by atoms with E-state index in [0.717, 1.165) is 27.5 Å². The van der Waals surface area contributed by atoms with Gasteiger partial charge in [-0.2, -0.15) is 4.39 Å². The molecule has 122 valence electrons. The zero-order chi connectivity index (χ0) is 17.4. The van der Waals surface area contributed by atoms with Gasteiger partial charge in [-0.25, -0.2) is 9.98 Å². The summed E-state index contributed by atoms with van der Waals surface area (Å²) in [6.45, 7) is 9.56. The lowest BCUT2D eigenvalue weighted by molar-refractivity contribution is 0.583. The number of aliphatic imine (C=N–C) groups is 1. The summed E-state index contributed by atoms with van der Waals surface area (Å²) in [5, 5.41) is 0.968. The maximum absolute atomic E-state index is 13.0. The van der Waals surface area contributed by atoms with E-state index in [-0.39, 0.29) is 0 Å². The summed E-state index contributed by atoms with van der Waals surface area (Å²) in [6.07, 6.45) is 15.7. The van der Waals surface area contributed by atoms with Crippen molar-refractivity contribution >= 4 is 22.5 Å². The summed E-state index contributed by atoms with van der Waals surface area (Å²) < 4.78 is 13.0. The summed E-state index contributed by atoms with van der Waals surface area (Å²) in [5.41, 5.74) is 2.54. The molecule has 24 heavy (non-hydrogen) atoms. The fourth-order valence-electron chi connectivity index (χ4n) is 2.06. The van der Waals surface area contributed by atoms with Crippen molar-refractivity contribution in [1.82, 2.24) is 4.98 Å². The Morgan fingerprint density at radius 1 is 1.33 bits per heavy atom. The van der Waals surface area contributed by atoms with Crippen LogP contribution < -0.4 is 0 Å². The molecule has 0 aromatic carbocycles. The highest BCUT2D eigenvalue weighted by atomic mass is 32.2. The van der Waals surface area contributed by atoms with Crippen molar-refractivity contribution in [2.75, 3.05) is 0 Å². The first-order chi connectivity index (χ1) is 11.7. The molecule has 0 spiro atoms. The summed E-state index contributed by atoms with van der Waals surface area (Å²) in [4.78, 5) is 9.51. The normalized spacial score (nSPS) is 17.4. The maximum atomic E-state index is 13.0. The molecule has 0 saturated carbocycles. The number of allylic oxidation sites excluding steroid dienone is 8. The standard InChI is InChI=1S/C20H19FN2S/c1-4-7-9-15(6-3)18-11-13-20(24-18)23-17(8-5-2)16-10-12-19(21)22-14-16/h4-12,14H,2-3,13H2,1H3/b7-4-,15-9+,17-8-,23-20+. The molecule has 0 unspecified atom stereocenters. The van der Waals surface area contributed by atoms with E-state index in [1.165, 1.54) is 12.3 Å². The van der Waals surface area contributed by atoms with Crippen LogP contribution in [0.2, 0.25) is 0 Å². The van der Waals surface area contributed by atoms with Crippen molar-refractivity contribution in [3.05, 3.63) is 96.0 Å². The van der Waals surface area contributed by atoms with Crippen molar-refractivity contribution in [3.8, 4) is 0 Å². The van der Waals surface area contributed by atoms with Gasteiger partial charge in [0.25, 0.3) is 0 Å². The molecule has 1 aromatic rings. The molecule has 2 heterocycles. The highest BCUT2D eigenvalue weighted by molar-refractivity contribution is 8.17. The lowest BCUT2D eigenvalue weighted by atomic mass is 10.2. The first kappa shape index (κ1) is 17.9. The molecule has 1 aliphatic rings. The molecule has 0 saturated heterocycles. The number of nitrogens with zero attached hydrogens (tertiary/aromatic N) is 2. The molecule has 0 atom stereocenters. The number of hydrogen-bond donors (Lipinski definition) is 0. The van der Waals surface area contributed by atoms with E-state index < -0.39 is 5.95 Å². The van der Waals surface area contributed by atoms with E-state index >= 15 is 0 Å². The molecule has 2 rings (SSSR count). The van der Waals surface area contributed by atoms with Crippen molar-refractivity contribution in [1.29, 1.82) is 0 Å². The Balaban J connectivity index is 2.22. The van der Waals surface area contributed by atoms with Gasteiger partial charge in [-0.3, -0.25) is 0 Å². The van der Waals surface area contributed by atoms with E-state index in [1.54, 1.807) is 30.0 Å². The first-order valence-electron chi connectivity index (χ1n) is 7.54. The second-order valence-electron chi connectivity index (χ2n) is 4.89. The fourth-order valence-corrected chi connectivity index (χ4v) is 3.06. The Morgan fingerprint density at radius 3 is 2.79 bits per heavy atom. The quantitative estimate of drug-likeness (QED) is 0.480. The van der Waals surface area contributed by atoms with Crippen LogP contribution in [0.15, 0.2) is 89.5 Å².